The van der Waals surface area contributed by atoms with Gasteiger partial charge in [-0.05, 0) is 165 Å². The Labute approximate surface area is 362 Å². The zero-order valence-corrected chi connectivity index (χ0v) is 37.5. The van der Waals surface area contributed by atoms with Gasteiger partial charge in [0.25, 0.3) is 11.8 Å². The van der Waals surface area contributed by atoms with E-state index in [1.165, 1.54) is 5.57 Å². The molecule has 0 spiro atoms. The number of amides is 2. The number of ketones is 2. The van der Waals surface area contributed by atoms with Crippen LogP contribution in [0.5, 0.6) is 0 Å². The molecule has 7 rings (SSSR count). The van der Waals surface area contributed by atoms with Gasteiger partial charge in [-0.15, -0.1) is 0 Å². The number of nitrogens with one attached hydrogen (secondary N) is 2. The number of halogens is 1. The van der Waals surface area contributed by atoms with Crippen LogP contribution in [0.3, 0.4) is 0 Å². The van der Waals surface area contributed by atoms with E-state index in [-0.39, 0.29) is 70.6 Å². The zero-order valence-electron chi connectivity index (χ0n) is 36.8. The minimum Gasteiger partial charge on any atom is -0.481 e. The number of carbonyl (C=O) groups excluding carboxylic acids is 4. The summed E-state index contributed by atoms with van der Waals surface area (Å²) in [6.45, 7) is 14.2. The van der Waals surface area contributed by atoms with Crippen LogP contribution < -0.4 is 16.4 Å². The highest BCUT2D eigenvalue weighted by atomic mass is 35.5. The van der Waals surface area contributed by atoms with Crippen LogP contribution in [-0.2, 0) is 19.2 Å². The van der Waals surface area contributed by atoms with Crippen LogP contribution in [-0.4, -0.2) is 58.4 Å². The fraction of sp³-hybridized carbons (Fsp3) is 0.735. The Kier molecular flexibility index (Phi) is 12.7. The third-order valence-electron chi connectivity index (χ3n) is 17.9. The summed E-state index contributed by atoms with van der Waals surface area (Å²) >= 11 is 6.01. The Morgan fingerprint density at radius 2 is 1.60 bits per heavy atom. The Hall–Kier alpha value is -3.08. The van der Waals surface area contributed by atoms with Crippen LogP contribution in [0.4, 0.5) is 0 Å². The minimum atomic E-state index is -2.16. The molecule has 0 heterocycles. The van der Waals surface area contributed by atoms with Crippen LogP contribution in [0.15, 0.2) is 35.4 Å². The van der Waals surface area contributed by atoms with E-state index >= 15 is 0 Å². The summed E-state index contributed by atoms with van der Waals surface area (Å²) in [4.78, 5) is 66.1. The van der Waals surface area contributed by atoms with E-state index in [0.717, 1.165) is 56.9 Å². The maximum absolute atomic E-state index is 14.1. The topological polar surface area (TPSA) is 176 Å². The second-order valence-corrected chi connectivity index (χ2v) is 21.5. The molecule has 10 nitrogen and oxygen atoms in total. The minimum absolute atomic E-state index is 0.0451. The van der Waals surface area contributed by atoms with Crippen LogP contribution >= 0.6 is 11.6 Å². The van der Waals surface area contributed by atoms with Crippen molar-refractivity contribution in [2.75, 3.05) is 13.1 Å². The van der Waals surface area contributed by atoms with Crippen LogP contribution in [0.25, 0.3) is 0 Å². The number of aliphatic carboxylic acids is 1. The largest absolute Gasteiger partial charge is 0.481 e. The fourth-order valence-corrected chi connectivity index (χ4v) is 14.8. The number of hydrogen-bond donors (Lipinski definition) is 5. The van der Waals surface area contributed by atoms with Gasteiger partial charge in [0.1, 0.15) is 5.78 Å². The number of aliphatic hydroxyl groups is 1. The Morgan fingerprint density at radius 3 is 2.25 bits per heavy atom. The van der Waals surface area contributed by atoms with Gasteiger partial charge in [0.15, 0.2) is 5.78 Å². The zero-order chi connectivity index (χ0) is 43.5. The molecule has 13 unspecified atom stereocenters. The molecule has 13 atom stereocenters. The van der Waals surface area contributed by atoms with Crippen molar-refractivity contribution in [1.29, 1.82) is 0 Å². The molecule has 1 aromatic carbocycles. The number of fused-ring (bicyclic) bond motifs is 7. The van der Waals surface area contributed by atoms with Gasteiger partial charge in [-0.1, -0.05) is 58.7 Å². The average molecular weight is 849 g/mol. The predicted octanol–water partition coefficient (Wildman–Crippen LogP) is 8.14. The first kappa shape index (κ1) is 45.0. The number of allylic oxidation sites excluding steroid dienone is 2. The molecule has 6 aliphatic rings. The monoisotopic (exact) mass is 847 g/mol. The van der Waals surface area contributed by atoms with Crippen LogP contribution in [0, 0.1) is 75.4 Å². The number of carboxylic acid groups (broad SMARTS) is 1. The predicted molar refractivity (Wildman–Crippen MR) is 231 cm³/mol. The summed E-state index contributed by atoms with van der Waals surface area (Å²) in [5, 5.41) is 27.1. The van der Waals surface area contributed by atoms with Crippen molar-refractivity contribution in [2.45, 2.75) is 137 Å². The van der Waals surface area contributed by atoms with Crippen LogP contribution in [0.2, 0.25) is 5.02 Å². The third kappa shape index (κ3) is 7.71. The molecular weight excluding hydrogens is 778 g/mol. The summed E-state index contributed by atoms with van der Waals surface area (Å²) in [6, 6.07) is 6.24. The molecule has 0 bridgehead atoms. The standard InChI is InChI=1S/C49H70ClN3O7/c1-27(2)41-39(55)26-48(21-23-52-45(59)49(60,17-7-22-51)53-43(56)30-8-10-32(50)11-9-30)20-16-37-33(42(41)48)12-13-40-46(5)18-14-31(28(3)36(46)15-19-47(37,40)6)24-38(54)34-25-35(29(34)4)44(57)58/h8-11,27-29,31,33-37,40,60H,7,12-26,51H2,1-6H3,(H,52,59)(H,53,56)(H,57,58). The maximum Gasteiger partial charge on any atom is 0.306 e. The van der Waals surface area contributed by atoms with E-state index in [2.05, 4.69) is 45.3 Å². The Morgan fingerprint density at radius 1 is 0.933 bits per heavy atom. The first-order valence-corrected chi connectivity index (χ1v) is 23.5. The molecule has 5 saturated carbocycles. The van der Waals surface area contributed by atoms with E-state index < -0.39 is 29.4 Å². The SMILES string of the molecule is CC(C)C1=C2C3CCC4C(C)(CCC5C(C)C(CC(=O)C6CC(C(=O)O)C6C)CCC54C)C3CCC2(CCNC(=O)C(O)(CCCN)NC(=O)c2ccc(Cl)cc2)CC1=O. The lowest BCUT2D eigenvalue weighted by Crippen LogP contribution is -2.60. The summed E-state index contributed by atoms with van der Waals surface area (Å²) in [5.41, 5.74) is 6.19. The molecule has 5 fully saturated rings. The number of hydrogen-bond acceptors (Lipinski definition) is 7. The molecule has 60 heavy (non-hydrogen) atoms. The molecular formula is C49H70ClN3O7. The number of benzene rings is 1. The number of Topliss-reactive ketones (excluding diaryl/α,β-unsaturated/α-hetero) is 2. The summed E-state index contributed by atoms with van der Waals surface area (Å²) in [5.74, 6) is 0.657. The fourth-order valence-electron chi connectivity index (χ4n) is 14.7. The summed E-state index contributed by atoms with van der Waals surface area (Å²) in [6.07, 6.45) is 10.9. The van der Waals surface area contributed by atoms with Crippen molar-refractivity contribution in [2.24, 2.45) is 81.2 Å². The highest BCUT2D eigenvalue weighted by Crippen LogP contribution is 2.72. The van der Waals surface area contributed by atoms with Crippen LogP contribution in [0.1, 0.15) is 142 Å². The number of rotatable bonds is 14. The van der Waals surface area contributed by atoms with Crippen molar-refractivity contribution in [3.05, 3.63) is 46.0 Å². The number of carbonyl (C=O) groups is 5. The lowest BCUT2D eigenvalue weighted by atomic mass is 9.37. The van der Waals surface area contributed by atoms with Gasteiger partial charge in [0.2, 0.25) is 5.72 Å². The van der Waals surface area contributed by atoms with Crippen molar-refractivity contribution in [3.63, 3.8) is 0 Å². The lowest BCUT2D eigenvalue weighted by Gasteiger charge is -2.67. The van der Waals surface area contributed by atoms with Crippen molar-refractivity contribution < 1.29 is 34.2 Å². The van der Waals surface area contributed by atoms with Gasteiger partial charge in [-0.25, -0.2) is 0 Å². The van der Waals surface area contributed by atoms with Gasteiger partial charge >= 0.3 is 5.97 Å². The third-order valence-corrected chi connectivity index (χ3v) is 18.2. The van der Waals surface area contributed by atoms with Gasteiger partial charge < -0.3 is 26.6 Å². The van der Waals surface area contributed by atoms with E-state index in [9.17, 15) is 34.2 Å². The van der Waals surface area contributed by atoms with Gasteiger partial charge in [0, 0.05) is 47.7 Å². The molecule has 0 radical (unpaired) electrons. The molecule has 1 aromatic rings. The molecule has 330 valence electrons. The van der Waals surface area contributed by atoms with Crippen molar-refractivity contribution >= 4 is 41.0 Å². The van der Waals surface area contributed by atoms with Gasteiger partial charge in [-0.3, -0.25) is 24.0 Å². The van der Waals surface area contributed by atoms with Crippen molar-refractivity contribution in [1.82, 2.24) is 10.6 Å². The summed E-state index contributed by atoms with van der Waals surface area (Å²) in [7, 11) is 0. The Balaban J connectivity index is 1.05. The molecule has 6 aliphatic carbocycles. The van der Waals surface area contributed by atoms with E-state index in [1.807, 2.05) is 6.92 Å². The molecule has 6 N–H and O–H groups in total. The summed E-state index contributed by atoms with van der Waals surface area (Å²) < 4.78 is 0. The van der Waals surface area contributed by atoms with E-state index in [1.54, 1.807) is 24.3 Å². The van der Waals surface area contributed by atoms with E-state index in [0.29, 0.717) is 72.6 Å². The molecule has 0 aliphatic heterocycles. The molecule has 11 heteroatoms. The maximum atomic E-state index is 14.1. The van der Waals surface area contributed by atoms with Gasteiger partial charge in [0.05, 0.1) is 5.92 Å². The number of carboxylic acids is 1. The smallest absolute Gasteiger partial charge is 0.306 e. The number of nitrogens with two attached hydrogens (primary N) is 1. The first-order chi connectivity index (χ1) is 28.3. The van der Waals surface area contributed by atoms with E-state index in [4.69, 9.17) is 17.3 Å². The Bertz CT molecular complexity index is 1900. The molecule has 0 saturated heterocycles. The molecule has 0 aromatic heterocycles. The second-order valence-electron chi connectivity index (χ2n) is 21.1. The molecule has 2 amide bonds. The average Bonchev–Trinajstić information content (AvgIpc) is 3.49. The second kappa shape index (κ2) is 16.9. The van der Waals surface area contributed by atoms with Crippen molar-refractivity contribution in [3.8, 4) is 0 Å². The highest BCUT2D eigenvalue weighted by molar-refractivity contribution is 6.30. The lowest BCUT2D eigenvalue weighted by molar-refractivity contribution is -0.172. The quantitative estimate of drug-likeness (QED) is 0.117. The first-order valence-electron chi connectivity index (χ1n) is 23.1. The van der Waals surface area contributed by atoms with Gasteiger partial charge in [-0.2, -0.15) is 0 Å². The normalized spacial score (nSPS) is 38.1. The highest BCUT2D eigenvalue weighted by Gasteiger charge is 2.65.